The maximum atomic E-state index is 13.2. The highest BCUT2D eigenvalue weighted by Gasteiger charge is 2.34. The van der Waals surface area contributed by atoms with Crippen molar-refractivity contribution < 1.29 is 48.8 Å². The van der Waals surface area contributed by atoms with E-state index in [-0.39, 0.29) is 24.0 Å². The Morgan fingerprint density at radius 1 is 0.884 bits per heavy atom. The second-order valence-electron chi connectivity index (χ2n) is 10.5. The van der Waals surface area contributed by atoms with Crippen LogP contribution < -0.4 is 26.6 Å². The molecule has 0 saturated heterocycles. The lowest BCUT2D eigenvalue weighted by Gasteiger charge is -2.27. The third-order valence-electron chi connectivity index (χ3n) is 5.49. The summed E-state index contributed by atoms with van der Waals surface area (Å²) in [5.41, 5.74) is -0.180. The summed E-state index contributed by atoms with van der Waals surface area (Å²) < 4.78 is 5.25. The highest BCUT2D eigenvalue weighted by molar-refractivity contribution is 7.99. The van der Waals surface area contributed by atoms with Gasteiger partial charge in [-0.25, -0.2) is 9.59 Å². The molecule has 15 nitrogen and oxygen atoms in total. The average Bonchev–Trinajstić information content (AvgIpc) is 2.90. The smallest absolute Gasteiger partial charge is 0.408 e. The molecule has 5 atom stereocenters. The van der Waals surface area contributed by atoms with Crippen LogP contribution in [0.15, 0.2) is 30.3 Å². The van der Waals surface area contributed by atoms with Gasteiger partial charge in [0.2, 0.25) is 23.6 Å². The van der Waals surface area contributed by atoms with E-state index >= 15 is 0 Å². The fraction of sp³-hybridized carbons (Fsp3) is 0.556. The van der Waals surface area contributed by atoms with E-state index in [2.05, 4.69) is 26.6 Å². The van der Waals surface area contributed by atoms with Crippen LogP contribution in [0.2, 0.25) is 0 Å². The van der Waals surface area contributed by atoms with Crippen LogP contribution >= 0.6 is 11.8 Å². The number of thioether (sulfide) groups is 1. The number of carbonyl (C=O) groups is 6. The van der Waals surface area contributed by atoms with Crippen LogP contribution in [-0.2, 0) is 35.1 Å². The van der Waals surface area contributed by atoms with Gasteiger partial charge in [0.1, 0.15) is 29.8 Å². The number of aliphatic hydroxyl groups excluding tert-OH is 2. The largest absolute Gasteiger partial charge is 0.480 e. The molecule has 0 aliphatic carbocycles. The summed E-state index contributed by atoms with van der Waals surface area (Å²) in [6.45, 7) is 6.49. The molecular weight excluding hydrogens is 586 g/mol. The van der Waals surface area contributed by atoms with Crippen molar-refractivity contribution in [3.63, 3.8) is 0 Å². The van der Waals surface area contributed by atoms with Gasteiger partial charge in [-0.2, -0.15) is 0 Å². The van der Waals surface area contributed by atoms with E-state index < -0.39 is 72.3 Å². The predicted octanol–water partition coefficient (Wildman–Crippen LogP) is -1.14. The SMILES string of the molecule is CC(=O)NCSC[C@H](NC(=O)[C@H](CO)NC(=O)[C@@H](NC(=O)[C@H](Cc1ccccc1)NC(=O)OC(C)(C)C)[C@@H](C)O)C(=O)O. The number of carbonyl (C=O) groups excluding carboxylic acids is 5. The number of ether oxygens (including phenoxy) is 1. The van der Waals surface area contributed by atoms with Crippen LogP contribution in [0.25, 0.3) is 0 Å². The Bertz CT molecular complexity index is 1110. The van der Waals surface area contributed by atoms with E-state index in [1.165, 1.54) is 13.8 Å². The summed E-state index contributed by atoms with van der Waals surface area (Å²) in [4.78, 5) is 74.0. The molecule has 0 heterocycles. The molecule has 1 aromatic rings. The van der Waals surface area contributed by atoms with Gasteiger partial charge in [0.05, 0.1) is 18.6 Å². The zero-order valence-corrected chi connectivity index (χ0v) is 25.5. The highest BCUT2D eigenvalue weighted by Crippen LogP contribution is 2.10. The molecule has 240 valence electrons. The molecule has 43 heavy (non-hydrogen) atoms. The Kier molecular flexibility index (Phi) is 15.5. The number of nitrogens with one attached hydrogen (secondary N) is 5. The topological polar surface area (TPSA) is 232 Å². The maximum Gasteiger partial charge on any atom is 0.408 e. The van der Waals surface area contributed by atoms with Crippen molar-refractivity contribution in [2.24, 2.45) is 0 Å². The van der Waals surface area contributed by atoms with Gasteiger partial charge in [-0.3, -0.25) is 19.2 Å². The molecule has 0 aliphatic heterocycles. The van der Waals surface area contributed by atoms with Crippen molar-refractivity contribution in [1.82, 2.24) is 26.6 Å². The van der Waals surface area contributed by atoms with Gasteiger partial charge in [-0.15, -0.1) is 11.8 Å². The minimum absolute atomic E-state index is 0.0122. The molecule has 0 fully saturated rings. The lowest BCUT2D eigenvalue weighted by molar-refractivity contribution is -0.142. The van der Waals surface area contributed by atoms with Gasteiger partial charge in [0, 0.05) is 19.1 Å². The molecule has 0 bridgehead atoms. The first kappa shape index (κ1) is 37.1. The first-order chi connectivity index (χ1) is 20.0. The predicted molar refractivity (Wildman–Crippen MR) is 157 cm³/mol. The minimum atomic E-state index is -1.63. The number of alkyl carbamates (subject to hydrolysis) is 1. The molecule has 1 aromatic carbocycles. The molecule has 16 heteroatoms. The van der Waals surface area contributed by atoms with Crippen molar-refractivity contribution in [1.29, 1.82) is 0 Å². The zero-order chi connectivity index (χ0) is 32.7. The van der Waals surface area contributed by atoms with Crippen LogP contribution in [-0.4, -0.2) is 105 Å². The van der Waals surface area contributed by atoms with Gasteiger partial charge < -0.3 is 46.6 Å². The highest BCUT2D eigenvalue weighted by atomic mass is 32.2. The summed E-state index contributed by atoms with van der Waals surface area (Å²) >= 11 is 1.02. The van der Waals surface area contributed by atoms with Gasteiger partial charge in [-0.1, -0.05) is 30.3 Å². The Balaban J connectivity index is 2.99. The third-order valence-corrected chi connectivity index (χ3v) is 6.41. The van der Waals surface area contributed by atoms with Gasteiger partial charge in [0.15, 0.2) is 0 Å². The van der Waals surface area contributed by atoms with Crippen LogP contribution in [0, 0.1) is 0 Å². The number of carboxylic acid groups (broad SMARTS) is 1. The minimum Gasteiger partial charge on any atom is -0.480 e. The van der Waals surface area contributed by atoms with Crippen molar-refractivity contribution >= 4 is 47.5 Å². The van der Waals surface area contributed by atoms with E-state index in [0.717, 1.165) is 11.8 Å². The normalized spacial score (nSPS) is 14.6. The Labute approximate surface area is 253 Å². The van der Waals surface area contributed by atoms with Crippen LogP contribution in [0.3, 0.4) is 0 Å². The lowest BCUT2D eigenvalue weighted by atomic mass is 10.0. The monoisotopic (exact) mass is 627 g/mol. The second-order valence-corrected chi connectivity index (χ2v) is 11.5. The Morgan fingerprint density at radius 3 is 1.98 bits per heavy atom. The van der Waals surface area contributed by atoms with Gasteiger partial charge >= 0.3 is 12.1 Å². The summed E-state index contributed by atoms with van der Waals surface area (Å²) in [6, 6.07) is 2.79. The van der Waals surface area contributed by atoms with Crippen LogP contribution in [0.4, 0.5) is 4.79 Å². The summed E-state index contributed by atoms with van der Waals surface area (Å²) in [6.07, 6.45) is -2.36. The van der Waals surface area contributed by atoms with Crippen LogP contribution in [0.5, 0.6) is 0 Å². The first-order valence-corrected chi connectivity index (χ1v) is 14.5. The number of benzene rings is 1. The number of carboxylic acids is 1. The lowest BCUT2D eigenvalue weighted by Crippen LogP contribution is -2.61. The van der Waals surface area contributed by atoms with Crippen molar-refractivity contribution in [2.75, 3.05) is 18.2 Å². The summed E-state index contributed by atoms with van der Waals surface area (Å²) in [7, 11) is 0. The number of aliphatic hydroxyl groups is 2. The molecule has 1 rings (SSSR count). The average molecular weight is 628 g/mol. The number of rotatable bonds is 16. The molecule has 0 unspecified atom stereocenters. The number of amides is 5. The van der Waals surface area contributed by atoms with Gasteiger partial charge in [-0.05, 0) is 33.3 Å². The fourth-order valence-electron chi connectivity index (χ4n) is 3.40. The Morgan fingerprint density at radius 2 is 1.47 bits per heavy atom. The first-order valence-electron chi connectivity index (χ1n) is 13.3. The fourth-order valence-corrected chi connectivity index (χ4v) is 4.28. The van der Waals surface area contributed by atoms with Gasteiger partial charge in [0.25, 0.3) is 0 Å². The summed E-state index contributed by atoms with van der Waals surface area (Å²) in [5.74, 6) is -4.68. The van der Waals surface area contributed by atoms with Crippen molar-refractivity contribution in [3.8, 4) is 0 Å². The standard InChI is InChI=1S/C27H41N5O10S/c1-15(34)21(24(38)29-19(12-33)23(37)30-20(25(39)40)13-43-14-28-16(2)35)32-22(36)18(11-17-9-7-6-8-10-17)31-26(41)42-27(3,4)5/h6-10,15,18-21,33-34H,11-14H2,1-5H3,(H,28,35)(H,29,38)(H,30,37)(H,31,41)(H,32,36)(H,39,40)/t15-,18+,19+,20+,21+/m1/s1. The molecule has 0 aliphatic rings. The van der Waals surface area contributed by atoms with Crippen LogP contribution in [0.1, 0.15) is 40.2 Å². The number of aliphatic carboxylic acids is 1. The number of hydrogen-bond donors (Lipinski definition) is 8. The number of hydrogen-bond acceptors (Lipinski definition) is 10. The van der Waals surface area contributed by atoms with E-state index in [0.29, 0.717) is 5.56 Å². The molecule has 5 amide bonds. The maximum absolute atomic E-state index is 13.2. The third kappa shape index (κ3) is 14.7. The molecular formula is C27H41N5O10S. The van der Waals surface area contributed by atoms with E-state index in [9.17, 15) is 44.1 Å². The van der Waals surface area contributed by atoms with E-state index in [4.69, 9.17) is 4.74 Å². The quantitative estimate of drug-likeness (QED) is 0.0806. The molecule has 0 spiro atoms. The van der Waals surface area contributed by atoms with Crippen molar-refractivity contribution in [3.05, 3.63) is 35.9 Å². The Hall–Kier alpha value is -3.89. The second kappa shape index (κ2) is 17.9. The molecule has 0 saturated carbocycles. The molecule has 0 aromatic heterocycles. The van der Waals surface area contributed by atoms with E-state index in [1.807, 2.05) is 0 Å². The molecule has 0 radical (unpaired) electrons. The van der Waals surface area contributed by atoms with E-state index in [1.54, 1.807) is 51.1 Å². The summed E-state index contributed by atoms with van der Waals surface area (Å²) in [5, 5.41) is 41.1. The molecule has 8 N–H and O–H groups in total. The van der Waals surface area contributed by atoms with Crippen molar-refractivity contribution in [2.45, 2.75) is 76.9 Å². The zero-order valence-electron chi connectivity index (χ0n) is 24.7.